The van der Waals surface area contributed by atoms with Crippen molar-refractivity contribution in [2.24, 2.45) is 0 Å². The summed E-state index contributed by atoms with van der Waals surface area (Å²) >= 11 is 0. The van der Waals surface area contributed by atoms with Crippen molar-refractivity contribution in [3.05, 3.63) is 64.2 Å². The summed E-state index contributed by atoms with van der Waals surface area (Å²) in [6.07, 6.45) is 0. The predicted molar refractivity (Wildman–Crippen MR) is 78.2 cm³/mol. The molecule has 2 aromatic carbocycles. The first-order valence-electron chi connectivity index (χ1n) is 6.18. The maximum atomic E-state index is 10.6. The molecule has 0 aliphatic rings. The van der Waals surface area contributed by atoms with Crippen LogP contribution in [0.4, 0.5) is 11.4 Å². The summed E-state index contributed by atoms with van der Waals surface area (Å²) in [5, 5.41) is 10.6. The highest BCUT2D eigenvalue weighted by Gasteiger charge is 2.07. The number of nitrogens with zero attached hydrogens (tertiary/aromatic N) is 2. The summed E-state index contributed by atoms with van der Waals surface area (Å²) in [6, 6.07) is 14.4. The lowest BCUT2D eigenvalue weighted by molar-refractivity contribution is -0.384. The van der Waals surface area contributed by atoms with E-state index in [-0.39, 0.29) is 5.69 Å². The number of nitro groups is 1. The van der Waals surface area contributed by atoms with Crippen LogP contribution in [0.25, 0.3) is 0 Å². The molecule has 2 aromatic rings. The van der Waals surface area contributed by atoms with Gasteiger partial charge in [0.05, 0.1) is 12.0 Å². The van der Waals surface area contributed by atoms with E-state index in [1.165, 1.54) is 12.1 Å². The van der Waals surface area contributed by atoms with Crippen molar-refractivity contribution in [2.45, 2.75) is 6.54 Å². The molecule has 0 aromatic heterocycles. The van der Waals surface area contributed by atoms with Gasteiger partial charge in [0.25, 0.3) is 5.69 Å². The molecular weight excluding hydrogens is 256 g/mol. The van der Waals surface area contributed by atoms with Crippen LogP contribution in [0.3, 0.4) is 0 Å². The molecule has 0 saturated carbocycles. The normalized spacial score (nSPS) is 10.1. The number of non-ortho nitro benzene ring substituents is 1. The Bertz CT molecular complexity index is 596. The summed E-state index contributed by atoms with van der Waals surface area (Å²) in [4.78, 5) is 12.3. The maximum absolute atomic E-state index is 10.6. The molecule has 0 heterocycles. The van der Waals surface area contributed by atoms with E-state index in [4.69, 9.17) is 4.74 Å². The number of hydrogen-bond donors (Lipinski definition) is 0. The lowest BCUT2D eigenvalue weighted by Gasteiger charge is -2.19. The average molecular weight is 272 g/mol. The highest BCUT2D eigenvalue weighted by molar-refractivity contribution is 5.50. The quantitative estimate of drug-likeness (QED) is 0.619. The molecule has 20 heavy (non-hydrogen) atoms. The second-order valence-corrected chi connectivity index (χ2v) is 4.48. The Morgan fingerprint density at radius 3 is 2.50 bits per heavy atom. The molecule has 5 heteroatoms. The lowest BCUT2D eigenvalue weighted by atomic mass is 10.2. The van der Waals surface area contributed by atoms with Gasteiger partial charge in [-0.3, -0.25) is 10.1 Å². The number of rotatable bonds is 5. The van der Waals surface area contributed by atoms with Gasteiger partial charge in [-0.1, -0.05) is 12.1 Å². The Hall–Kier alpha value is -2.56. The predicted octanol–water partition coefficient (Wildman–Crippen LogP) is 3.24. The molecule has 0 N–H and O–H groups in total. The monoisotopic (exact) mass is 272 g/mol. The second kappa shape index (κ2) is 6.06. The van der Waals surface area contributed by atoms with Crippen LogP contribution in [0.15, 0.2) is 48.5 Å². The fraction of sp³-hybridized carbons (Fsp3) is 0.200. The summed E-state index contributed by atoms with van der Waals surface area (Å²) in [5.74, 6) is 0.819. The van der Waals surface area contributed by atoms with Crippen LogP contribution in [-0.4, -0.2) is 19.1 Å². The zero-order valence-electron chi connectivity index (χ0n) is 11.4. The van der Waals surface area contributed by atoms with E-state index in [1.54, 1.807) is 19.2 Å². The zero-order chi connectivity index (χ0) is 14.5. The van der Waals surface area contributed by atoms with Crippen molar-refractivity contribution >= 4 is 11.4 Å². The third-order valence-electron chi connectivity index (χ3n) is 3.06. The van der Waals surface area contributed by atoms with Crippen LogP contribution in [0.5, 0.6) is 5.75 Å². The van der Waals surface area contributed by atoms with Gasteiger partial charge in [-0.2, -0.15) is 0 Å². The second-order valence-electron chi connectivity index (χ2n) is 4.48. The van der Waals surface area contributed by atoms with Crippen molar-refractivity contribution in [2.75, 3.05) is 19.1 Å². The van der Waals surface area contributed by atoms with Crippen LogP contribution in [0, 0.1) is 10.1 Å². The molecule has 0 fully saturated rings. The van der Waals surface area contributed by atoms with Gasteiger partial charge < -0.3 is 9.64 Å². The van der Waals surface area contributed by atoms with Crippen molar-refractivity contribution in [3.63, 3.8) is 0 Å². The first-order chi connectivity index (χ1) is 9.60. The molecule has 0 atom stereocenters. The minimum Gasteiger partial charge on any atom is -0.497 e. The molecule has 5 nitrogen and oxygen atoms in total. The number of ether oxygens (including phenoxy) is 1. The Morgan fingerprint density at radius 1 is 1.20 bits per heavy atom. The summed E-state index contributed by atoms with van der Waals surface area (Å²) in [5.41, 5.74) is 2.15. The van der Waals surface area contributed by atoms with Gasteiger partial charge in [-0.25, -0.2) is 0 Å². The van der Waals surface area contributed by atoms with Gasteiger partial charge in [-0.15, -0.1) is 0 Å². The minimum atomic E-state index is -0.397. The van der Waals surface area contributed by atoms with Gasteiger partial charge >= 0.3 is 0 Å². The first-order valence-corrected chi connectivity index (χ1v) is 6.18. The van der Waals surface area contributed by atoms with Crippen molar-refractivity contribution in [1.82, 2.24) is 0 Å². The van der Waals surface area contributed by atoms with E-state index < -0.39 is 4.92 Å². The summed E-state index contributed by atoms with van der Waals surface area (Å²) < 4.78 is 5.19. The van der Waals surface area contributed by atoms with Gasteiger partial charge in [0.1, 0.15) is 5.75 Å². The van der Waals surface area contributed by atoms with E-state index in [9.17, 15) is 10.1 Å². The average Bonchev–Trinajstić information content (AvgIpc) is 2.47. The molecule has 0 amide bonds. The lowest BCUT2D eigenvalue weighted by Crippen LogP contribution is -2.16. The molecule has 0 unspecified atom stereocenters. The fourth-order valence-electron chi connectivity index (χ4n) is 1.96. The zero-order valence-corrected chi connectivity index (χ0v) is 11.4. The highest BCUT2D eigenvalue weighted by Crippen LogP contribution is 2.21. The summed E-state index contributed by atoms with van der Waals surface area (Å²) in [6.45, 7) is 0.703. The Morgan fingerprint density at radius 2 is 1.90 bits per heavy atom. The molecule has 0 aliphatic heterocycles. The van der Waals surface area contributed by atoms with Crippen LogP contribution in [0.1, 0.15) is 5.56 Å². The number of hydrogen-bond acceptors (Lipinski definition) is 4. The Labute approximate surface area is 117 Å². The van der Waals surface area contributed by atoms with Gasteiger partial charge in [0.2, 0.25) is 0 Å². The third kappa shape index (κ3) is 3.26. The highest BCUT2D eigenvalue weighted by atomic mass is 16.6. The number of anilines is 1. The topological polar surface area (TPSA) is 55.6 Å². The van der Waals surface area contributed by atoms with Crippen LogP contribution in [0.2, 0.25) is 0 Å². The molecule has 104 valence electrons. The van der Waals surface area contributed by atoms with Crippen LogP contribution >= 0.6 is 0 Å². The van der Waals surface area contributed by atoms with Gasteiger partial charge in [0.15, 0.2) is 0 Å². The van der Waals surface area contributed by atoms with E-state index in [1.807, 2.05) is 36.2 Å². The van der Waals surface area contributed by atoms with Crippen LogP contribution < -0.4 is 9.64 Å². The van der Waals surface area contributed by atoms with E-state index in [0.717, 1.165) is 17.0 Å². The van der Waals surface area contributed by atoms with Gasteiger partial charge in [-0.05, 0) is 29.8 Å². The molecule has 0 spiro atoms. The SMILES string of the molecule is COc1cccc(CN(C)c2ccc([N+](=O)[O-])cc2)c1. The number of nitro benzene ring substituents is 1. The molecule has 0 saturated heterocycles. The first kappa shape index (κ1) is 13.9. The van der Waals surface area contributed by atoms with E-state index in [0.29, 0.717) is 6.54 Å². The Balaban J connectivity index is 2.10. The van der Waals surface area contributed by atoms with Crippen molar-refractivity contribution in [1.29, 1.82) is 0 Å². The molecular formula is C15H16N2O3. The van der Waals surface area contributed by atoms with Crippen molar-refractivity contribution in [3.8, 4) is 5.75 Å². The molecule has 0 aliphatic carbocycles. The van der Waals surface area contributed by atoms with E-state index in [2.05, 4.69) is 0 Å². The van der Waals surface area contributed by atoms with Crippen molar-refractivity contribution < 1.29 is 9.66 Å². The van der Waals surface area contributed by atoms with E-state index >= 15 is 0 Å². The maximum Gasteiger partial charge on any atom is 0.269 e. The largest absolute Gasteiger partial charge is 0.497 e. The standard InChI is InChI=1S/C15H16N2O3/c1-16(11-12-4-3-5-15(10-12)20-2)13-6-8-14(9-7-13)17(18)19/h3-10H,11H2,1-2H3. The molecule has 2 rings (SSSR count). The third-order valence-corrected chi connectivity index (χ3v) is 3.06. The smallest absolute Gasteiger partial charge is 0.269 e. The molecule has 0 radical (unpaired) electrons. The van der Waals surface area contributed by atoms with Crippen LogP contribution in [-0.2, 0) is 6.54 Å². The van der Waals surface area contributed by atoms with Gasteiger partial charge in [0, 0.05) is 31.4 Å². The number of methoxy groups -OCH3 is 1. The summed E-state index contributed by atoms with van der Waals surface area (Å²) in [7, 11) is 3.58. The Kier molecular flexibility index (Phi) is 4.20. The minimum absolute atomic E-state index is 0.100. The fourth-order valence-corrected chi connectivity index (χ4v) is 1.96. The molecule has 0 bridgehead atoms. The number of benzene rings is 2.